The number of esters is 1. The molecule has 2 heterocycles. The van der Waals surface area contributed by atoms with Gasteiger partial charge >= 0.3 is 5.97 Å². The maximum atomic E-state index is 14.2. The van der Waals surface area contributed by atoms with E-state index in [2.05, 4.69) is 14.7 Å². The van der Waals surface area contributed by atoms with Gasteiger partial charge in [-0.1, -0.05) is 0 Å². The fourth-order valence-electron chi connectivity index (χ4n) is 2.15. The molecule has 0 aliphatic rings. The summed E-state index contributed by atoms with van der Waals surface area (Å²) in [6, 6.07) is 7.88. The van der Waals surface area contributed by atoms with Gasteiger partial charge < -0.3 is 9.72 Å². The number of rotatable bonds is 2. The van der Waals surface area contributed by atoms with E-state index in [1.54, 1.807) is 12.4 Å². The fourth-order valence-corrected chi connectivity index (χ4v) is 2.15. The van der Waals surface area contributed by atoms with Crippen LogP contribution in [0, 0.1) is 5.82 Å². The van der Waals surface area contributed by atoms with E-state index in [1.165, 1.54) is 19.2 Å². The number of ether oxygens (including phenoxy) is 1. The molecule has 100 valence electrons. The molecule has 0 fully saturated rings. The Morgan fingerprint density at radius 3 is 2.90 bits per heavy atom. The zero-order valence-electron chi connectivity index (χ0n) is 10.7. The van der Waals surface area contributed by atoms with Gasteiger partial charge in [-0.15, -0.1) is 0 Å². The van der Waals surface area contributed by atoms with Crippen LogP contribution in [0.15, 0.2) is 42.7 Å². The molecule has 0 saturated carbocycles. The van der Waals surface area contributed by atoms with E-state index >= 15 is 0 Å². The molecular weight excluding hydrogens is 259 g/mol. The Bertz CT molecular complexity index is 795. The number of carbonyl (C=O) groups is 1. The lowest BCUT2D eigenvalue weighted by atomic mass is 10.0. The highest BCUT2D eigenvalue weighted by Crippen LogP contribution is 2.28. The van der Waals surface area contributed by atoms with Crippen LogP contribution in [0.1, 0.15) is 10.4 Å². The molecule has 0 amide bonds. The van der Waals surface area contributed by atoms with Gasteiger partial charge in [-0.3, -0.25) is 4.98 Å². The summed E-state index contributed by atoms with van der Waals surface area (Å²) >= 11 is 0. The minimum absolute atomic E-state index is 0.176. The molecule has 0 spiro atoms. The molecule has 0 aliphatic carbocycles. The second-order valence-electron chi connectivity index (χ2n) is 4.28. The first-order valence-corrected chi connectivity index (χ1v) is 6.01. The highest BCUT2D eigenvalue weighted by atomic mass is 19.1. The van der Waals surface area contributed by atoms with E-state index in [0.29, 0.717) is 11.3 Å². The highest BCUT2D eigenvalue weighted by molar-refractivity contribution is 5.94. The average molecular weight is 270 g/mol. The first-order chi connectivity index (χ1) is 9.70. The van der Waals surface area contributed by atoms with Gasteiger partial charge in [0.2, 0.25) is 0 Å². The molecule has 20 heavy (non-hydrogen) atoms. The lowest BCUT2D eigenvalue weighted by molar-refractivity contribution is 0.0600. The van der Waals surface area contributed by atoms with Gasteiger partial charge in [-0.05, 0) is 30.3 Å². The first kappa shape index (κ1) is 12.3. The van der Waals surface area contributed by atoms with E-state index < -0.39 is 11.8 Å². The second kappa shape index (κ2) is 4.77. The van der Waals surface area contributed by atoms with Crippen molar-refractivity contribution in [2.45, 2.75) is 0 Å². The minimum Gasteiger partial charge on any atom is -0.465 e. The van der Waals surface area contributed by atoms with E-state index in [9.17, 15) is 9.18 Å². The molecule has 0 unspecified atom stereocenters. The van der Waals surface area contributed by atoms with Crippen molar-refractivity contribution in [3.63, 3.8) is 0 Å². The Balaban J connectivity index is 2.15. The van der Waals surface area contributed by atoms with E-state index in [-0.39, 0.29) is 5.56 Å². The van der Waals surface area contributed by atoms with Crippen molar-refractivity contribution >= 4 is 16.9 Å². The molecule has 0 aliphatic heterocycles. The van der Waals surface area contributed by atoms with Crippen LogP contribution in [0.2, 0.25) is 0 Å². The average Bonchev–Trinajstić information content (AvgIpc) is 2.95. The van der Waals surface area contributed by atoms with Crippen LogP contribution >= 0.6 is 0 Å². The van der Waals surface area contributed by atoms with Crippen molar-refractivity contribution in [2.75, 3.05) is 7.11 Å². The van der Waals surface area contributed by atoms with Crippen molar-refractivity contribution in [1.29, 1.82) is 0 Å². The molecule has 2 aromatic heterocycles. The smallest absolute Gasteiger partial charge is 0.337 e. The van der Waals surface area contributed by atoms with Gasteiger partial charge in [-0.25, -0.2) is 9.18 Å². The summed E-state index contributed by atoms with van der Waals surface area (Å²) < 4.78 is 18.8. The van der Waals surface area contributed by atoms with Crippen LogP contribution < -0.4 is 0 Å². The fraction of sp³-hybridized carbons (Fsp3) is 0.0667. The number of hydrogen-bond acceptors (Lipinski definition) is 3. The molecule has 5 heteroatoms. The highest BCUT2D eigenvalue weighted by Gasteiger charge is 2.14. The standard InChI is InChI=1S/C15H11FN2O2/c1-20-15(19)9-2-3-10(12(16)8-9)14-11-4-6-17-13(11)5-7-18-14/h2-8,17H,1H3. The quantitative estimate of drug-likeness (QED) is 0.728. The lowest BCUT2D eigenvalue weighted by Gasteiger charge is -2.06. The van der Waals surface area contributed by atoms with Gasteiger partial charge in [0.25, 0.3) is 0 Å². The summed E-state index contributed by atoms with van der Waals surface area (Å²) in [4.78, 5) is 18.7. The summed E-state index contributed by atoms with van der Waals surface area (Å²) in [6.07, 6.45) is 3.39. The molecule has 3 rings (SSSR count). The van der Waals surface area contributed by atoms with Crippen LogP contribution in [-0.2, 0) is 4.74 Å². The molecule has 0 bridgehead atoms. The summed E-state index contributed by atoms with van der Waals surface area (Å²) in [5.74, 6) is -1.07. The van der Waals surface area contributed by atoms with Crippen LogP contribution in [-0.4, -0.2) is 23.0 Å². The Morgan fingerprint density at radius 1 is 1.30 bits per heavy atom. The van der Waals surface area contributed by atoms with Crippen LogP contribution in [0.3, 0.4) is 0 Å². The van der Waals surface area contributed by atoms with Crippen LogP contribution in [0.5, 0.6) is 0 Å². The molecular formula is C15H11FN2O2. The number of benzene rings is 1. The zero-order valence-corrected chi connectivity index (χ0v) is 10.7. The van der Waals surface area contributed by atoms with Crippen molar-refractivity contribution in [3.8, 4) is 11.3 Å². The Labute approximate surface area is 114 Å². The topological polar surface area (TPSA) is 55.0 Å². The molecule has 1 aromatic carbocycles. The molecule has 0 atom stereocenters. The molecule has 0 radical (unpaired) electrons. The van der Waals surface area contributed by atoms with E-state index in [0.717, 1.165) is 17.0 Å². The number of nitrogens with one attached hydrogen (secondary N) is 1. The first-order valence-electron chi connectivity index (χ1n) is 6.01. The molecule has 0 saturated heterocycles. The van der Waals surface area contributed by atoms with Crippen molar-refractivity contribution < 1.29 is 13.9 Å². The van der Waals surface area contributed by atoms with Gasteiger partial charge in [-0.2, -0.15) is 0 Å². The van der Waals surface area contributed by atoms with Gasteiger partial charge in [0.05, 0.1) is 18.4 Å². The van der Waals surface area contributed by atoms with Gasteiger partial charge in [0.1, 0.15) is 5.82 Å². The minimum atomic E-state index is -0.566. The lowest BCUT2D eigenvalue weighted by Crippen LogP contribution is -2.02. The van der Waals surface area contributed by atoms with E-state index in [1.807, 2.05) is 12.1 Å². The predicted octanol–water partition coefficient (Wildman–Crippen LogP) is 3.16. The molecule has 3 aromatic rings. The summed E-state index contributed by atoms with van der Waals surface area (Å²) in [7, 11) is 1.26. The number of hydrogen-bond donors (Lipinski definition) is 1. The normalized spacial score (nSPS) is 10.7. The number of aromatic nitrogens is 2. The van der Waals surface area contributed by atoms with Gasteiger partial charge in [0, 0.05) is 28.9 Å². The SMILES string of the molecule is COC(=O)c1ccc(-c2nccc3[nH]ccc23)c(F)c1. The summed E-state index contributed by atoms with van der Waals surface area (Å²) in [5.41, 5.74) is 1.95. The second-order valence-corrected chi connectivity index (χ2v) is 4.28. The number of halogens is 1. The van der Waals surface area contributed by atoms with E-state index in [4.69, 9.17) is 0 Å². The number of fused-ring (bicyclic) bond motifs is 1. The number of carbonyl (C=O) groups excluding carboxylic acids is 1. The van der Waals surface area contributed by atoms with Crippen LogP contribution in [0.4, 0.5) is 4.39 Å². The maximum Gasteiger partial charge on any atom is 0.337 e. The third-order valence-electron chi connectivity index (χ3n) is 3.12. The third kappa shape index (κ3) is 1.93. The number of aromatic amines is 1. The Morgan fingerprint density at radius 2 is 2.15 bits per heavy atom. The van der Waals surface area contributed by atoms with Gasteiger partial charge in [0.15, 0.2) is 0 Å². The number of pyridine rings is 1. The monoisotopic (exact) mass is 270 g/mol. The molecule has 1 N–H and O–H groups in total. The molecule has 4 nitrogen and oxygen atoms in total. The predicted molar refractivity (Wildman–Crippen MR) is 72.8 cm³/mol. The largest absolute Gasteiger partial charge is 0.465 e. The Hall–Kier alpha value is -2.69. The van der Waals surface area contributed by atoms with Crippen molar-refractivity contribution in [2.24, 2.45) is 0 Å². The van der Waals surface area contributed by atoms with Crippen LogP contribution in [0.25, 0.3) is 22.2 Å². The summed E-state index contributed by atoms with van der Waals surface area (Å²) in [5, 5.41) is 0.831. The summed E-state index contributed by atoms with van der Waals surface area (Å²) in [6.45, 7) is 0. The van der Waals surface area contributed by atoms with Crippen molar-refractivity contribution in [1.82, 2.24) is 9.97 Å². The Kier molecular flexibility index (Phi) is 2.95. The third-order valence-corrected chi connectivity index (χ3v) is 3.12. The number of nitrogens with zero attached hydrogens (tertiary/aromatic N) is 1. The van der Waals surface area contributed by atoms with Crippen molar-refractivity contribution in [3.05, 3.63) is 54.1 Å². The number of methoxy groups -OCH3 is 1. The zero-order chi connectivity index (χ0) is 14.1. The maximum absolute atomic E-state index is 14.2. The number of H-pyrrole nitrogens is 1.